The molecule has 0 atom stereocenters. The van der Waals surface area contributed by atoms with Gasteiger partial charge in [-0.3, -0.25) is 10.00 Å². The van der Waals surface area contributed by atoms with Gasteiger partial charge in [-0.1, -0.05) is 6.92 Å². The zero-order chi connectivity index (χ0) is 26.6. The number of hydrogen-bond acceptors (Lipinski definition) is 9. The highest BCUT2D eigenvalue weighted by Crippen LogP contribution is 2.31. The third-order valence-electron chi connectivity index (χ3n) is 5.96. The van der Waals surface area contributed by atoms with Crippen LogP contribution >= 0.6 is 0 Å². The number of rotatable bonds is 6. The Hall–Kier alpha value is -4.17. The number of carbonyl (C=O) groups excluding carboxylic acids is 1. The number of nitriles is 1. The molecule has 3 heterocycles. The fourth-order valence-electron chi connectivity index (χ4n) is 4.09. The smallest absolute Gasteiger partial charge is 0.412 e. The van der Waals surface area contributed by atoms with Crippen LogP contribution in [0, 0.1) is 11.3 Å². The average molecular weight is 504 g/mol. The van der Waals surface area contributed by atoms with E-state index in [1.54, 1.807) is 24.1 Å². The van der Waals surface area contributed by atoms with Gasteiger partial charge < -0.3 is 19.9 Å². The van der Waals surface area contributed by atoms with Crippen LogP contribution in [0.3, 0.4) is 0 Å². The molecular weight excluding hydrogens is 470 g/mol. The summed E-state index contributed by atoms with van der Waals surface area (Å²) in [5, 5.41) is 19.8. The number of piperazine rings is 1. The summed E-state index contributed by atoms with van der Waals surface area (Å²) >= 11 is 0. The molecule has 0 aliphatic carbocycles. The normalized spacial score (nSPS) is 14.2. The summed E-state index contributed by atoms with van der Waals surface area (Å²) in [5.41, 5.74) is 3.03. The molecular formula is C26H33N9O2. The van der Waals surface area contributed by atoms with Crippen molar-refractivity contribution < 1.29 is 9.53 Å². The number of aromatic nitrogens is 4. The van der Waals surface area contributed by atoms with Crippen molar-refractivity contribution in [1.82, 2.24) is 24.6 Å². The van der Waals surface area contributed by atoms with Crippen LogP contribution in [0.25, 0.3) is 11.3 Å². The quantitative estimate of drug-likeness (QED) is 0.514. The van der Waals surface area contributed by atoms with E-state index in [1.165, 1.54) is 6.20 Å². The third kappa shape index (κ3) is 6.54. The predicted molar refractivity (Wildman–Crippen MR) is 143 cm³/mol. The minimum Gasteiger partial charge on any atom is -0.444 e. The summed E-state index contributed by atoms with van der Waals surface area (Å²) in [6, 6.07) is 7.96. The Labute approximate surface area is 217 Å². The van der Waals surface area contributed by atoms with Gasteiger partial charge in [-0.2, -0.15) is 10.4 Å². The first-order chi connectivity index (χ1) is 17.6. The topological polar surface area (TPSA) is 124 Å². The number of nitrogens with zero attached hydrogens (tertiary/aromatic N) is 7. The van der Waals surface area contributed by atoms with Gasteiger partial charge in [0.1, 0.15) is 11.7 Å². The molecule has 3 aromatic rings. The first kappa shape index (κ1) is 25.9. The van der Waals surface area contributed by atoms with Crippen molar-refractivity contribution >= 4 is 29.1 Å². The molecule has 1 aliphatic heterocycles. The number of ether oxygens (including phenoxy) is 1. The lowest BCUT2D eigenvalue weighted by atomic mass is 10.1. The van der Waals surface area contributed by atoms with Gasteiger partial charge in [0.25, 0.3) is 0 Å². The van der Waals surface area contributed by atoms with Gasteiger partial charge in [-0.05, 0) is 45.5 Å². The largest absolute Gasteiger partial charge is 0.444 e. The molecule has 0 saturated carbocycles. The molecule has 0 unspecified atom stereocenters. The highest BCUT2D eigenvalue weighted by Gasteiger charge is 2.21. The third-order valence-corrected chi connectivity index (χ3v) is 5.96. The van der Waals surface area contributed by atoms with E-state index in [0.717, 1.165) is 38.4 Å². The summed E-state index contributed by atoms with van der Waals surface area (Å²) in [4.78, 5) is 26.3. The van der Waals surface area contributed by atoms with Crippen LogP contribution in [0.15, 0.2) is 36.8 Å². The molecule has 0 radical (unpaired) electrons. The van der Waals surface area contributed by atoms with Gasteiger partial charge in [-0.25, -0.2) is 14.8 Å². The number of hydrogen-bond donors (Lipinski definition) is 2. The van der Waals surface area contributed by atoms with Gasteiger partial charge in [0.15, 0.2) is 0 Å². The Morgan fingerprint density at radius 2 is 1.92 bits per heavy atom. The Bertz CT molecular complexity index is 1300. The number of anilines is 4. The van der Waals surface area contributed by atoms with Crippen molar-refractivity contribution in [3.63, 3.8) is 0 Å². The number of nitrogens with one attached hydrogen (secondary N) is 2. The molecule has 1 aromatic carbocycles. The van der Waals surface area contributed by atoms with Gasteiger partial charge in [0.05, 0.1) is 35.0 Å². The van der Waals surface area contributed by atoms with Crippen LogP contribution in [0.2, 0.25) is 0 Å². The number of aryl methyl sites for hydroxylation is 1. The van der Waals surface area contributed by atoms with Crippen LogP contribution < -0.4 is 15.5 Å². The molecule has 0 spiro atoms. The molecule has 37 heavy (non-hydrogen) atoms. The molecule has 1 aliphatic rings. The molecule has 194 valence electrons. The zero-order valence-electron chi connectivity index (χ0n) is 21.9. The molecule has 11 heteroatoms. The van der Waals surface area contributed by atoms with Crippen LogP contribution in [0.4, 0.5) is 27.8 Å². The van der Waals surface area contributed by atoms with E-state index in [1.807, 2.05) is 39.0 Å². The van der Waals surface area contributed by atoms with E-state index in [9.17, 15) is 10.1 Å². The molecule has 2 aromatic heterocycles. The minimum absolute atomic E-state index is 0.286. The molecule has 0 bridgehead atoms. The van der Waals surface area contributed by atoms with E-state index >= 15 is 0 Å². The van der Waals surface area contributed by atoms with Crippen LogP contribution in [-0.2, 0) is 11.8 Å². The van der Waals surface area contributed by atoms with Crippen molar-refractivity contribution in [3.8, 4) is 17.3 Å². The summed E-state index contributed by atoms with van der Waals surface area (Å²) in [6.45, 7) is 12.4. The number of likely N-dealkylation sites (N-methyl/N-ethyl adjacent to an activating group) is 1. The van der Waals surface area contributed by atoms with Gasteiger partial charge in [-0.15, -0.1) is 0 Å². The Kier molecular flexibility index (Phi) is 7.59. The van der Waals surface area contributed by atoms with Crippen molar-refractivity contribution in [2.45, 2.75) is 33.3 Å². The maximum atomic E-state index is 12.7. The number of carbonyl (C=O) groups is 1. The zero-order valence-corrected chi connectivity index (χ0v) is 21.9. The highest BCUT2D eigenvalue weighted by atomic mass is 16.6. The lowest BCUT2D eigenvalue weighted by molar-refractivity contribution is 0.0636. The Balaban J connectivity index is 1.64. The summed E-state index contributed by atoms with van der Waals surface area (Å²) in [7, 11) is 1.80. The van der Waals surface area contributed by atoms with Gasteiger partial charge in [0, 0.05) is 50.7 Å². The van der Waals surface area contributed by atoms with Crippen LogP contribution in [0.1, 0.15) is 33.3 Å². The predicted octanol–water partition coefficient (Wildman–Crippen LogP) is 3.98. The molecule has 2 N–H and O–H groups in total. The first-order valence-electron chi connectivity index (χ1n) is 12.3. The first-order valence-corrected chi connectivity index (χ1v) is 12.3. The highest BCUT2D eigenvalue weighted by molar-refractivity contribution is 5.92. The van der Waals surface area contributed by atoms with Gasteiger partial charge >= 0.3 is 6.09 Å². The summed E-state index contributed by atoms with van der Waals surface area (Å²) in [6.07, 6.45) is 4.35. The van der Waals surface area contributed by atoms with Crippen LogP contribution in [-0.4, -0.2) is 69.1 Å². The molecule has 1 amide bonds. The van der Waals surface area contributed by atoms with Crippen molar-refractivity contribution in [2.24, 2.45) is 7.05 Å². The second kappa shape index (κ2) is 10.8. The minimum atomic E-state index is -0.638. The van der Waals surface area contributed by atoms with E-state index in [-0.39, 0.29) is 5.95 Å². The van der Waals surface area contributed by atoms with Crippen molar-refractivity contribution in [1.29, 1.82) is 5.26 Å². The monoisotopic (exact) mass is 503 g/mol. The average Bonchev–Trinajstić information content (AvgIpc) is 3.30. The number of benzene rings is 1. The van der Waals surface area contributed by atoms with Gasteiger partial charge in [0.2, 0.25) is 5.95 Å². The summed E-state index contributed by atoms with van der Waals surface area (Å²) in [5.74, 6) is 0.286. The second-order valence-corrected chi connectivity index (χ2v) is 9.87. The second-order valence-electron chi connectivity index (χ2n) is 9.87. The van der Waals surface area contributed by atoms with Crippen LogP contribution in [0.5, 0.6) is 0 Å². The molecule has 1 fully saturated rings. The van der Waals surface area contributed by atoms with Crippen molar-refractivity contribution in [3.05, 3.63) is 42.4 Å². The maximum absolute atomic E-state index is 12.7. The SMILES string of the molecule is CCN1CCN(c2ccc(Nc3ncc(C#N)c(-c4cnn(C)c4)n3)c(NC(=O)OC(C)(C)C)c2)CC1. The number of amides is 1. The fourth-order valence-corrected chi connectivity index (χ4v) is 4.09. The molecule has 11 nitrogen and oxygen atoms in total. The fraction of sp³-hybridized carbons (Fsp3) is 0.423. The Morgan fingerprint density at radius 3 is 2.54 bits per heavy atom. The van der Waals surface area contributed by atoms with E-state index in [4.69, 9.17) is 4.74 Å². The molecule has 1 saturated heterocycles. The lowest BCUT2D eigenvalue weighted by Gasteiger charge is -2.35. The van der Waals surface area contributed by atoms with E-state index < -0.39 is 11.7 Å². The van der Waals surface area contributed by atoms with Crippen molar-refractivity contribution in [2.75, 3.05) is 48.3 Å². The lowest BCUT2D eigenvalue weighted by Crippen LogP contribution is -2.46. The molecule has 4 rings (SSSR count). The Morgan fingerprint density at radius 1 is 1.16 bits per heavy atom. The summed E-state index contributed by atoms with van der Waals surface area (Å²) < 4.78 is 7.14. The van der Waals surface area contributed by atoms with E-state index in [2.05, 4.69) is 48.5 Å². The maximum Gasteiger partial charge on any atom is 0.412 e. The standard InChI is InChI=1S/C26H33N9O2/c1-6-34-9-11-35(12-10-34)20-7-8-21(22(13-20)31-25(36)37-26(2,3)4)30-24-28-15-18(14-27)23(32-24)19-16-29-33(5)17-19/h7-8,13,15-17H,6,9-12H2,1-5H3,(H,31,36)(H,28,30,32). The van der Waals surface area contributed by atoms with E-state index in [0.29, 0.717) is 28.2 Å².